The number of hydrogen-bond acceptors (Lipinski definition) is 9. The number of aliphatic hydroxyl groups is 1. The minimum Gasteiger partial charge on any atom is -0.469 e. The van der Waals surface area contributed by atoms with Crippen LogP contribution in [0.25, 0.3) is 0 Å². The molecular weight excluding hydrogens is 302 g/mol. The van der Waals surface area contributed by atoms with Crippen LogP contribution >= 0.6 is 11.8 Å². The van der Waals surface area contributed by atoms with Crippen LogP contribution in [0.1, 0.15) is 6.92 Å². The Morgan fingerprint density at radius 3 is 2.43 bits per heavy atom. The van der Waals surface area contributed by atoms with E-state index in [1.165, 1.54) is 25.8 Å². The molecule has 122 valence electrons. The topological polar surface area (TPSA) is 125 Å². The highest BCUT2D eigenvalue weighted by Crippen LogP contribution is 2.05. The molecule has 0 aliphatic rings. The van der Waals surface area contributed by atoms with Crippen LogP contribution in [0, 0.1) is 5.92 Å². The van der Waals surface area contributed by atoms with Gasteiger partial charge in [-0.15, -0.1) is 0 Å². The maximum absolute atomic E-state index is 11.6. The van der Waals surface area contributed by atoms with E-state index in [0.29, 0.717) is 11.5 Å². The van der Waals surface area contributed by atoms with E-state index in [4.69, 9.17) is 20.3 Å². The number of hydrogen-bond donors (Lipinski definition) is 2. The summed E-state index contributed by atoms with van der Waals surface area (Å²) >= 11 is 1.34. The number of esters is 3. The second kappa shape index (κ2) is 11.4. The second-order valence-corrected chi connectivity index (χ2v) is 5.20. The smallest absolute Gasteiger partial charge is 0.323 e. The number of carbonyl (C=O) groups excluding carboxylic acids is 3. The lowest BCUT2D eigenvalue weighted by Gasteiger charge is -2.15. The van der Waals surface area contributed by atoms with Crippen molar-refractivity contribution in [2.24, 2.45) is 11.7 Å². The van der Waals surface area contributed by atoms with Gasteiger partial charge in [-0.25, -0.2) is 0 Å². The van der Waals surface area contributed by atoms with Gasteiger partial charge in [0.15, 0.2) is 0 Å². The summed E-state index contributed by atoms with van der Waals surface area (Å²) < 4.78 is 14.0. The zero-order valence-corrected chi connectivity index (χ0v) is 12.9. The van der Waals surface area contributed by atoms with Gasteiger partial charge in [0.1, 0.15) is 25.2 Å². The first-order valence-electron chi connectivity index (χ1n) is 6.24. The zero-order chi connectivity index (χ0) is 16.3. The van der Waals surface area contributed by atoms with Crippen molar-refractivity contribution in [3.05, 3.63) is 0 Å². The predicted molar refractivity (Wildman–Crippen MR) is 75.5 cm³/mol. The van der Waals surface area contributed by atoms with Crippen LogP contribution in [0.15, 0.2) is 0 Å². The Kier molecular flexibility index (Phi) is 10.6. The van der Waals surface area contributed by atoms with Gasteiger partial charge >= 0.3 is 17.9 Å². The number of nitrogens with two attached hydrogens (primary N) is 1. The molecule has 0 aromatic rings. The Hall–Kier alpha value is -1.32. The van der Waals surface area contributed by atoms with Crippen molar-refractivity contribution in [1.82, 2.24) is 0 Å². The van der Waals surface area contributed by atoms with Gasteiger partial charge in [0.05, 0.1) is 13.7 Å². The van der Waals surface area contributed by atoms with Crippen molar-refractivity contribution in [2.75, 3.05) is 38.4 Å². The molecule has 0 bridgehead atoms. The number of rotatable bonds is 10. The summed E-state index contributed by atoms with van der Waals surface area (Å²) in [6.45, 7) is 0.795. The van der Waals surface area contributed by atoms with E-state index in [9.17, 15) is 14.4 Å². The molecule has 0 aliphatic heterocycles. The standard InChI is InChI=1S/C12H21NO7S/c1-8(15)19-3-4-21-7-10(13)12(17)20-6-9(5-14)11(16)18-2/h9-10,14H,3-7,13H2,1-2H3/t9-,10-/m0/s1. The highest BCUT2D eigenvalue weighted by Gasteiger charge is 2.22. The van der Waals surface area contributed by atoms with E-state index >= 15 is 0 Å². The Labute approximate surface area is 127 Å². The van der Waals surface area contributed by atoms with Crippen molar-refractivity contribution in [3.8, 4) is 0 Å². The Morgan fingerprint density at radius 1 is 1.24 bits per heavy atom. The lowest BCUT2D eigenvalue weighted by Crippen LogP contribution is -2.37. The van der Waals surface area contributed by atoms with Gasteiger partial charge < -0.3 is 25.1 Å². The highest BCUT2D eigenvalue weighted by molar-refractivity contribution is 7.99. The SMILES string of the molecule is COC(=O)[C@@H](CO)COC(=O)[C@@H](N)CSCCOC(C)=O. The van der Waals surface area contributed by atoms with Crippen LogP contribution in [0.2, 0.25) is 0 Å². The van der Waals surface area contributed by atoms with Gasteiger partial charge in [0.2, 0.25) is 0 Å². The molecule has 0 aromatic carbocycles. The molecule has 0 heterocycles. The van der Waals surface area contributed by atoms with E-state index in [2.05, 4.69) is 4.74 Å². The summed E-state index contributed by atoms with van der Waals surface area (Å²) in [7, 11) is 1.18. The van der Waals surface area contributed by atoms with E-state index in [1.807, 2.05) is 0 Å². The molecule has 0 fully saturated rings. The molecule has 0 radical (unpaired) electrons. The van der Waals surface area contributed by atoms with Crippen molar-refractivity contribution in [2.45, 2.75) is 13.0 Å². The average Bonchev–Trinajstić information content (AvgIpc) is 2.46. The van der Waals surface area contributed by atoms with Gasteiger partial charge in [-0.05, 0) is 0 Å². The van der Waals surface area contributed by atoms with Gasteiger partial charge in [-0.2, -0.15) is 11.8 Å². The average molecular weight is 323 g/mol. The van der Waals surface area contributed by atoms with Crippen LogP contribution in [0.4, 0.5) is 0 Å². The van der Waals surface area contributed by atoms with Crippen molar-refractivity contribution < 1.29 is 33.7 Å². The molecule has 8 nitrogen and oxygen atoms in total. The third kappa shape index (κ3) is 9.27. The van der Waals surface area contributed by atoms with E-state index in [-0.39, 0.29) is 19.2 Å². The molecule has 0 aliphatic carbocycles. The molecule has 0 spiro atoms. The monoisotopic (exact) mass is 323 g/mol. The zero-order valence-electron chi connectivity index (χ0n) is 12.1. The summed E-state index contributed by atoms with van der Waals surface area (Å²) in [6.07, 6.45) is 0. The molecule has 21 heavy (non-hydrogen) atoms. The van der Waals surface area contributed by atoms with Gasteiger partial charge in [0, 0.05) is 18.4 Å². The molecule has 0 saturated carbocycles. The molecule has 2 atom stereocenters. The summed E-state index contributed by atoms with van der Waals surface area (Å²) in [6, 6.07) is -0.857. The van der Waals surface area contributed by atoms with E-state index in [1.54, 1.807) is 0 Å². The maximum atomic E-state index is 11.6. The Morgan fingerprint density at radius 2 is 1.90 bits per heavy atom. The molecule has 0 amide bonds. The molecule has 9 heteroatoms. The quantitative estimate of drug-likeness (QED) is 0.294. The van der Waals surface area contributed by atoms with Crippen LogP contribution in [0.5, 0.6) is 0 Å². The molecule has 3 N–H and O–H groups in total. The molecular formula is C12H21NO7S. The first kappa shape index (κ1) is 19.7. The fourth-order valence-corrected chi connectivity index (χ4v) is 1.93. The summed E-state index contributed by atoms with van der Waals surface area (Å²) in [5.41, 5.74) is 5.61. The number of aliphatic hydroxyl groups excluding tert-OH is 1. The number of methoxy groups -OCH3 is 1. The predicted octanol–water partition coefficient (Wildman–Crippen LogP) is -1.07. The van der Waals surface area contributed by atoms with E-state index in [0.717, 1.165) is 0 Å². The van der Waals surface area contributed by atoms with Crippen molar-refractivity contribution >= 4 is 29.7 Å². The second-order valence-electron chi connectivity index (χ2n) is 4.05. The molecule has 0 aromatic heterocycles. The van der Waals surface area contributed by atoms with Crippen LogP contribution < -0.4 is 5.73 Å². The third-order valence-corrected chi connectivity index (χ3v) is 3.36. The Bertz CT molecular complexity index is 350. The Balaban J connectivity index is 3.88. The number of ether oxygens (including phenoxy) is 3. The largest absolute Gasteiger partial charge is 0.469 e. The first-order valence-corrected chi connectivity index (χ1v) is 7.39. The summed E-state index contributed by atoms with van der Waals surface area (Å²) in [4.78, 5) is 33.3. The van der Waals surface area contributed by atoms with Gasteiger partial charge in [-0.3, -0.25) is 14.4 Å². The normalized spacial score (nSPS) is 13.1. The fourth-order valence-electron chi connectivity index (χ4n) is 1.17. The number of thioether (sulfide) groups is 1. The first-order chi connectivity index (χ1) is 9.92. The van der Waals surface area contributed by atoms with E-state index < -0.39 is 30.5 Å². The van der Waals surface area contributed by atoms with Gasteiger partial charge in [-0.1, -0.05) is 0 Å². The summed E-state index contributed by atoms with van der Waals surface area (Å²) in [5.74, 6) is -1.80. The number of carbonyl (C=O) groups is 3. The molecule has 0 saturated heterocycles. The minimum absolute atomic E-state index is 0.247. The van der Waals surface area contributed by atoms with Crippen molar-refractivity contribution in [3.63, 3.8) is 0 Å². The highest BCUT2D eigenvalue weighted by atomic mass is 32.2. The van der Waals surface area contributed by atoms with Crippen LogP contribution in [-0.4, -0.2) is 67.5 Å². The summed E-state index contributed by atoms with van der Waals surface area (Å²) in [5, 5.41) is 8.96. The van der Waals surface area contributed by atoms with Gasteiger partial charge in [0.25, 0.3) is 0 Å². The van der Waals surface area contributed by atoms with Crippen LogP contribution in [-0.2, 0) is 28.6 Å². The lowest BCUT2D eigenvalue weighted by atomic mass is 10.2. The van der Waals surface area contributed by atoms with Crippen LogP contribution in [0.3, 0.4) is 0 Å². The fraction of sp³-hybridized carbons (Fsp3) is 0.750. The third-order valence-electron chi connectivity index (χ3n) is 2.31. The minimum atomic E-state index is -0.914. The molecule has 0 unspecified atom stereocenters. The lowest BCUT2D eigenvalue weighted by molar-refractivity contribution is -0.155. The molecule has 0 rings (SSSR count). The van der Waals surface area contributed by atoms with Crippen molar-refractivity contribution in [1.29, 1.82) is 0 Å². The maximum Gasteiger partial charge on any atom is 0.323 e.